The van der Waals surface area contributed by atoms with Gasteiger partial charge in [0.25, 0.3) is 0 Å². The number of halogens is 3. The summed E-state index contributed by atoms with van der Waals surface area (Å²) in [7, 11) is -3.67. The Morgan fingerprint density at radius 3 is 2.36 bits per heavy atom. The average Bonchev–Trinajstić information content (AvgIpc) is 2.63. The van der Waals surface area contributed by atoms with Crippen LogP contribution in [0.4, 0.5) is 18.9 Å². The van der Waals surface area contributed by atoms with Crippen LogP contribution in [0.3, 0.4) is 0 Å². The largest absolute Gasteiger partial charge is 0.416 e. The Labute approximate surface area is 161 Å². The minimum absolute atomic E-state index is 0.0223. The van der Waals surface area contributed by atoms with Gasteiger partial charge >= 0.3 is 6.18 Å². The van der Waals surface area contributed by atoms with Crippen LogP contribution < -0.4 is 15.4 Å². The van der Waals surface area contributed by atoms with Gasteiger partial charge in [0.15, 0.2) is 0 Å². The Hall–Kier alpha value is -2.59. The number of rotatable bonds is 8. The molecule has 0 aromatic heterocycles. The van der Waals surface area contributed by atoms with E-state index in [9.17, 15) is 26.4 Å². The van der Waals surface area contributed by atoms with Crippen LogP contribution in [0.2, 0.25) is 0 Å². The lowest BCUT2D eigenvalue weighted by molar-refractivity contribution is -0.137. The average molecular weight is 415 g/mol. The first kappa shape index (κ1) is 21.7. The van der Waals surface area contributed by atoms with Crippen LogP contribution in [-0.2, 0) is 21.0 Å². The molecule has 28 heavy (non-hydrogen) atoms. The second-order valence-electron chi connectivity index (χ2n) is 5.99. The topological polar surface area (TPSA) is 87.3 Å². The molecule has 0 saturated carbocycles. The standard InChI is InChI=1S/C18H20F3N3O3S/c1-13-5-7-16(8-6-13)28(26,27)24-10-9-22-17(25)12-23-15-4-2-3-14(11-15)18(19,20)21/h2-8,11,23-24H,9-10,12H2,1H3,(H,22,25). The lowest BCUT2D eigenvalue weighted by Crippen LogP contribution is -2.37. The second kappa shape index (κ2) is 9.07. The number of amides is 1. The van der Waals surface area contributed by atoms with Crippen molar-refractivity contribution in [2.45, 2.75) is 18.0 Å². The van der Waals surface area contributed by atoms with E-state index in [0.29, 0.717) is 0 Å². The summed E-state index contributed by atoms with van der Waals surface area (Å²) < 4.78 is 64.5. The van der Waals surface area contributed by atoms with Crippen molar-refractivity contribution in [3.05, 3.63) is 59.7 Å². The van der Waals surface area contributed by atoms with Crippen molar-refractivity contribution in [2.75, 3.05) is 25.0 Å². The van der Waals surface area contributed by atoms with Gasteiger partial charge < -0.3 is 10.6 Å². The van der Waals surface area contributed by atoms with Gasteiger partial charge in [0.05, 0.1) is 17.0 Å². The molecule has 2 aromatic carbocycles. The van der Waals surface area contributed by atoms with Crippen molar-refractivity contribution in [2.24, 2.45) is 0 Å². The Morgan fingerprint density at radius 2 is 1.71 bits per heavy atom. The molecule has 0 radical (unpaired) electrons. The first-order valence-corrected chi connectivity index (χ1v) is 9.80. The maximum absolute atomic E-state index is 12.6. The molecule has 0 fully saturated rings. The van der Waals surface area contributed by atoms with Gasteiger partial charge in [-0.05, 0) is 37.3 Å². The molecule has 0 saturated heterocycles. The molecule has 0 bridgehead atoms. The van der Waals surface area contributed by atoms with Crippen LogP contribution in [-0.4, -0.2) is 34.0 Å². The van der Waals surface area contributed by atoms with Crippen LogP contribution in [0, 0.1) is 6.92 Å². The highest BCUT2D eigenvalue weighted by molar-refractivity contribution is 7.89. The minimum atomic E-state index is -4.46. The molecule has 0 aliphatic carbocycles. The van der Waals surface area contributed by atoms with Crippen LogP contribution in [0.15, 0.2) is 53.4 Å². The molecular formula is C18H20F3N3O3S. The van der Waals surface area contributed by atoms with E-state index in [2.05, 4.69) is 15.4 Å². The van der Waals surface area contributed by atoms with Crippen LogP contribution in [0.25, 0.3) is 0 Å². The third kappa shape index (κ3) is 6.54. The summed E-state index contributed by atoms with van der Waals surface area (Å²) in [6.07, 6.45) is -4.46. The van der Waals surface area contributed by atoms with E-state index in [1.807, 2.05) is 6.92 Å². The zero-order valence-electron chi connectivity index (χ0n) is 15.0. The molecule has 152 valence electrons. The Balaban J connectivity index is 1.75. The smallest absolute Gasteiger partial charge is 0.376 e. The zero-order valence-corrected chi connectivity index (χ0v) is 15.8. The number of carbonyl (C=O) groups excluding carboxylic acids is 1. The van der Waals surface area contributed by atoms with Crippen LogP contribution in [0.1, 0.15) is 11.1 Å². The zero-order chi connectivity index (χ0) is 20.8. The number of sulfonamides is 1. The van der Waals surface area contributed by atoms with Gasteiger partial charge in [-0.2, -0.15) is 13.2 Å². The van der Waals surface area contributed by atoms with E-state index in [1.54, 1.807) is 12.1 Å². The summed E-state index contributed by atoms with van der Waals surface area (Å²) in [5, 5.41) is 5.07. The van der Waals surface area contributed by atoms with E-state index < -0.39 is 27.7 Å². The van der Waals surface area contributed by atoms with Gasteiger partial charge in [-0.1, -0.05) is 23.8 Å². The number of hydrogen-bond donors (Lipinski definition) is 3. The highest BCUT2D eigenvalue weighted by Crippen LogP contribution is 2.30. The number of hydrogen-bond acceptors (Lipinski definition) is 4. The molecule has 6 nitrogen and oxygen atoms in total. The van der Waals surface area contributed by atoms with E-state index in [4.69, 9.17) is 0 Å². The number of carbonyl (C=O) groups is 1. The van der Waals surface area contributed by atoms with Crippen molar-refractivity contribution in [1.82, 2.24) is 10.0 Å². The molecule has 2 aromatic rings. The number of benzene rings is 2. The van der Waals surface area contributed by atoms with Gasteiger partial charge in [0.1, 0.15) is 0 Å². The number of alkyl halides is 3. The van der Waals surface area contributed by atoms with Gasteiger partial charge in [-0.3, -0.25) is 4.79 Å². The first-order chi connectivity index (χ1) is 13.1. The quantitative estimate of drug-likeness (QED) is 0.579. The summed E-state index contributed by atoms with van der Waals surface area (Å²) >= 11 is 0. The number of anilines is 1. The summed E-state index contributed by atoms with van der Waals surface area (Å²) in [6, 6.07) is 10.8. The maximum atomic E-state index is 12.6. The molecule has 3 N–H and O–H groups in total. The lowest BCUT2D eigenvalue weighted by Gasteiger charge is -2.11. The van der Waals surface area contributed by atoms with E-state index >= 15 is 0 Å². The summed E-state index contributed by atoms with van der Waals surface area (Å²) in [5.41, 5.74) is 0.271. The minimum Gasteiger partial charge on any atom is -0.376 e. The fraction of sp³-hybridized carbons (Fsp3) is 0.278. The Morgan fingerprint density at radius 1 is 1.04 bits per heavy atom. The highest BCUT2D eigenvalue weighted by Gasteiger charge is 2.30. The fourth-order valence-corrected chi connectivity index (χ4v) is 3.27. The summed E-state index contributed by atoms with van der Waals surface area (Å²) in [6.45, 7) is 1.61. The van der Waals surface area contributed by atoms with Gasteiger partial charge in [-0.15, -0.1) is 0 Å². The summed E-state index contributed by atoms with van der Waals surface area (Å²) in [5.74, 6) is -0.480. The molecule has 2 rings (SSSR count). The molecule has 0 unspecified atom stereocenters. The third-order valence-electron chi connectivity index (χ3n) is 3.71. The molecule has 0 heterocycles. The van der Waals surface area contributed by atoms with Crippen molar-refractivity contribution in [3.63, 3.8) is 0 Å². The third-order valence-corrected chi connectivity index (χ3v) is 5.19. The summed E-state index contributed by atoms with van der Waals surface area (Å²) in [4.78, 5) is 11.9. The van der Waals surface area contributed by atoms with Crippen molar-refractivity contribution >= 4 is 21.6 Å². The van der Waals surface area contributed by atoms with E-state index in [-0.39, 0.29) is 30.2 Å². The Bertz CT molecular complexity index is 914. The van der Waals surface area contributed by atoms with Gasteiger partial charge in [0.2, 0.25) is 15.9 Å². The predicted octanol–water partition coefficient (Wildman–Crippen LogP) is 2.52. The van der Waals surface area contributed by atoms with Crippen molar-refractivity contribution < 1.29 is 26.4 Å². The van der Waals surface area contributed by atoms with Gasteiger partial charge in [-0.25, -0.2) is 13.1 Å². The Kier molecular flexibility index (Phi) is 7.03. The number of aryl methyl sites for hydroxylation is 1. The van der Waals surface area contributed by atoms with E-state index in [1.165, 1.54) is 24.3 Å². The molecular weight excluding hydrogens is 395 g/mol. The van der Waals surface area contributed by atoms with E-state index in [0.717, 1.165) is 17.7 Å². The molecule has 0 aliphatic heterocycles. The SMILES string of the molecule is Cc1ccc(S(=O)(=O)NCCNC(=O)CNc2cccc(C(F)(F)F)c2)cc1. The van der Waals surface area contributed by atoms with Crippen molar-refractivity contribution in [1.29, 1.82) is 0 Å². The second-order valence-corrected chi connectivity index (χ2v) is 7.76. The van der Waals surface area contributed by atoms with Crippen LogP contribution >= 0.6 is 0 Å². The molecule has 0 atom stereocenters. The monoisotopic (exact) mass is 415 g/mol. The lowest BCUT2D eigenvalue weighted by atomic mass is 10.2. The molecule has 1 amide bonds. The molecule has 0 spiro atoms. The first-order valence-electron chi connectivity index (χ1n) is 8.32. The number of nitrogens with one attached hydrogen (secondary N) is 3. The predicted molar refractivity (Wildman–Crippen MR) is 99.3 cm³/mol. The fourth-order valence-electron chi connectivity index (χ4n) is 2.24. The normalized spacial score (nSPS) is 11.9. The van der Waals surface area contributed by atoms with Gasteiger partial charge in [0, 0.05) is 18.8 Å². The highest BCUT2D eigenvalue weighted by atomic mass is 32.2. The molecule has 0 aliphatic rings. The maximum Gasteiger partial charge on any atom is 0.416 e. The van der Waals surface area contributed by atoms with Crippen molar-refractivity contribution in [3.8, 4) is 0 Å². The van der Waals surface area contributed by atoms with Crippen LogP contribution in [0.5, 0.6) is 0 Å². The molecule has 10 heteroatoms.